The van der Waals surface area contributed by atoms with Gasteiger partial charge in [0.2, 0.25) is 0 Å². The van der Waals surface area contributed by atoms with Crippen LogP contribution in [0.3, 0.4) is 0 Å². The maximum absolute atomic E-state index is 14.1. The first-order valence-electron chi connectivity index (χ1n) is 8.32. The van der Waals surface area contributed by atoms with Crippen molar-refractivity contribution in [3.05, 3.63) is 51.9 Å². The molecule has 2 aromatic heterocycles. The van der Waals surface area contributed by atoms with Gasteiger partial charge in [-0.15, -0.1) is 11.3 Å². The summed E-state index contributed by atoms with van der Waals surface area (Å²) in [7, 11) is 1.99. The predicted octanol–water partition coefficient (Wildman–Crippen LogP) is 4.87. The van der Waals surface area contributed by atoms with Gasteiger partial charge in [-0.25, -0.2) is 14.4 Å². The summed E-state index contributed by atoms with van der Waals surface area (Å²) in [4.78, 5) is 11.1. The van der Waals surface area contributed by atoms with Crippen LogP contribution in [0.2, 0.25) is 0 Å². The monoisotopic (exact) mass is 359 g/mol. The minimum Gasteiger partial charge on any atom is -0.372 e. The lowest BCUT2D eigenvalue weighted by molar-refractivity contribution is 0.0761. The van der Waals surface area contributed by atoms with E-state index in [0.717, 1.165) is 27.5 Å². The highest BCUT2D eigenvalue weighted by Gasteiger charge is 2.14. The molecule has 1 unspecified atom stereocenters. The van der Waals surface area contributed by atoms with Crippen molar-refractivity contribution in [1.29, 1.82) is 0 Å². The number of ether oxygens (including phenoxy) is 1. The zero-order valence-corrected chi connectivity index (χ0v) is 15.7. The van der Waals surface area contributed by atoms with Crippen LogP contribution in [-0.2, 0) is 11.3 Å². The van der Waals surface area contributed by atoms with Crippen LogP contribution in [0.25, 0.3) is 10.9 Å². The topological polar surface area (TPSA) is 38.2 Å². The third-order valence-corrected chi connectivity index (χ3v) is 5.10. The highest BCUT2D eigenvalue weighted by Crippen LogP contribution is 2.29. The summed E-state index contributed by atoms with van der Waals surface area (Å²) in [6.45, 7) is 7.19. The summed E-state index contributed by atoms with van der Waals surface area (Å²) < 4.78 is 19.7. The number of benzene rings is 1. The summed E-state index contributed by atoms with van der Waals surface area (Å²) in [5.41, 5.74) is 3.14. The molecule has 0 saturated carbocycles. The number of nitrogens with zero attached hydrogens (tertiary/aromatic N) is 3. The number of rotatable bonds is 6. The molecule has 1 aromatic carbocycles. The van der Waals surface area contributed by atoms with Crippen molar-refractivity contribution < 1.29 is 9.13 Å². The standard InChI is InChI=1S/C19H22FN3OS/c1-5-24-13(3)19-22-14(11-25-19)10-23(4)17-9-12(2)21-18-15(17)7-6-8-16(18)20/h6-9,11,13H,5,10H2,1-4H3. The molecule has 132 valence electrons. The number of halogens is 1. The lowest BCUT2D eigenvalue weighted by atomic mass is 10.1. The van der Waals surface area contributed by atoms with Crippen LogP contribution in [0.15, 0.2) is 29.6 Å². The SMILES string of the molecule is CCOC(C)c1nc(CN(C)c2cc(C)nc3c(F)cccc23)cs1. The number of hydrogen-bond donors (Lipinski definition) is 0. The Labute approximate surface area is 151 Å². The van der Waals surface area contributed by atoms with Crippen LogP contribution in [0, 0.1) is 12.7 Å². The molecular weight excluding hydrogens is 337 g/mol. The molecule has 0 N–H and O–H groups in total. The van der Waals surface area contributed by atoms with Gasteiger partial charge < -0.3 is 9.64 Å². The maximum atomic E-state index is 14.1. The molecule has 0 aliphatic rings. The molecule has 2 heterocycles. The molecule has 3 rings (SSSR count). The lowest BCUT2D eigenvalue weighted by Gasteiger charge is -2.21. The average Bonchev–Trinajstić information content (AvgIpc) is 3.04. The van der Waals surface area contributed by atoms with Crippen LogP contribution in [0.1, 0.15) is 36.3 Å². The van der Waals surface area contributed by atoms with Crippen LogP contribution in [0.5, 0.6) is 0 Å². The van der Waals surface area contributed by atoms with E-state index in [9.17, 15) is 4.39 Å². The summed E-state index contributed by atoms with van der Waals surface area (Å²) in [5.74, 6) is -0.294. The molecule has 25 heavy (non-hydrogen) atoms. The summed E-state index contributed by atoms with van der Waals surface area (Å²) >= 11 is 1.61. The first-order valence-corrected chi connectivity index (χ1v) is 9.20. The fourth-order valence-corrected chi connectivity index (χ4v) is 3.68. The molecule has 3 aromatic rings. The van der Waals surface area contributed by atoms with E-state index in [-0.39, 0.29) is 11.9 Å². The summed E-state index contributed by atoms with van der Waals surface area (Å²) in [5, 5.41) is 3.84. The molecule has 0 aliphatic heterocycles. The van der Waals surface area contributed by atoms with Gasteiger partial charge in [-0.3, -0.25) is 0 Å². The second kappa shape index (κ2) is 7.45. The second-order valence-corrected chi connectivity index (χ2v) is 6.94. The smallest absolute Gasteiger partial charge is 0.149 e. The fraction of sp³-hybridized carbons (Fsp3) is 0.368. The van der Waals surface area contributed by atoms with Gasteiger partial charge in [0.1, 0.15) is 22.4 Å². The van der Waals surface area contributed by atoms with Crippen LogP contribution < -0.4 is 4.90 Å². The van der Waals surface area contributed by atoms with E-state index >= 15 is 0 Å². The number of anilines is 1. The Morgan fingerprint density at radius 2 is 2.12 bits per heavy atom. The summed E-state index contributed by atoms with van der Waals surface area (Å²) in [6, 6.07) is 7.05. The summed E-state index contributed by atoms with van der Waals surface area (Å²) in [6.07, 6.45) is 0.00662. The zero-order chi connectivity index (χ0) is 18.0. The number of fused-ring (bicyclic) bond motifs is 1. The highest BCUT2D eigenvalue weighted by atomic mass is 32.1. The molecule has 0 aliphatic carbocycles. The molecule has 1 atom stereocenters. The highest BCUT2D eigenvalue weighted by molar-refractivity contribution is 7.09. The third kappa shape index (κ3) is 3.80. The van der Waals surface area contributed by atoms with E-state index in [4.69, 9.17) is 4.74 Å². The predicted molar refractivity (Wildman–Crippen MR) is 101 cm³/mol. The first kappa shape index (κ1) is 17.8. The number of para-hydroxylation sites is 1. The van der Waals surface area contributed by atoms with Gasteiger partial charge in [-0.05, 0) is 32.9 Å². The van der Waals surface area contributed by atoms with Gasteiger partial charge in [0.25, 0.3) is 0 Å². The molecule has 0 saturated heterocycles. The number of aryl methyl sites for hydroxylation is 1. The number of aromatic nitrogens is 2. The number of pyridine rings is 1. The largest absolute Gasteiger partial charge is 0.372 e. The van der Waals surface area contributed by atoms with Crippen LogP contribution in [0.4, 0.5) is 10.1 Å². The van der Waals surface area contributed by atoms with Gasteiger partial charge in [0.05, 0.1) is 12.2 Å². The Bertz CT molecular complexity index is 880. The molecule has 0 amide bonds. The van der Waals surface area contributed by atoms with Gasteiger partial charge >= 0.3 is 0 Å². The number of hydrogen-bond acceptors (Lipinski definition) is 5. The Hall–Kier alpha value is -2.05. The Morgan fingerprint density at radius 1 is 1.32 bits per heavy atom. The lowest BCUT2D eigenvalue weighted by Crippen LogP contribution is -2.17. The van der Waals surface area contributed by atoms with E-state index in [2.05, 4.69) is 20.2 Å². The normalized spacial score (nSPS) is 12.5. The van der Waals surface area contributed by atoms with E-state index < -0.39 is 0 Å². The molecule has 6 heteroatoms. The molecule has 4 nitrogen and oxygen atoms in total. The Kier molecular flexibility index (Phi) is 5.30. The van der Waals surface area contributed by atoms with Crippen molar-refractivity contribution in [2.45, 2.75) is 33.4 Å². The van der Waals surface area contributed by atoms with Gasteiger partial charge in [-0.2, -0.15) is 0 Å². The van der Waals surface area contributed by atoms with E-state index in [1.165, 1.54) is 6.07 Å². The molecule has 0 spiro atoms. The van der Waals surface area contributed by atoms with Crippen molar-refractivity contribution in [3.8, 4) is 0 Å². The molecule has 0 fully saturated rings. The Balaban J connectivity index is 1.88. The molecule has 0 radical (unpaired) electrons. The first-order chi connectivity index (χ1) is 12.0. The van der Waals surface area contributed by atoms with Gasteiger partial charge in [0.15, 0.2) is 0 Å². The minimum atomic E-state index is -0.294. The van der Waals surface area contributed by atoms with Crippen molar-refractivity contribution >= 4 is 27.9 Å². The van der Waals surface area contributed by atoms with Crippen molar-refractivity contribution in [1.82, 2.24) is 9.97 Å². The fourth-order valence-electron chi connectivity index (χ4n) is 2.87. The number of thiazole rings is 1. The average molecular weight is 359 g/mol. The van der Waals surface area contributed by atoms with Crippen LogP contribution in [-0.4, -0.2) is 23.6 Å². The second-order valence-electron chi connectivity index (χ2n) is 6.05. The maximum Gasteiger partial charge on any atom is 0.149 e. The van der Waals surface area contributed by atoms with Crippen molar-refractivity contribution in [2.75, 3.05) is 18.6 Å². The van der Waals surface area contributed by atoms with E-state index in [0.29, 0.717) is 18.7 Å². The quantitative estimate of drug-likeness (QED) is 0.629. The van der Waals surface area contributed by atoms with Gasteiger partial charge in [0, 0.05) is 35.8 Å². The third-order valence-electron chi connectivity index (χ3n) is 4.04. The van der Waals surface area contributed by atoms with E-state index in [1.807, 2.05) is 40.0 Å². The van der Waals surface area contributed by atoms with Crippen molar-refractivity contribution in [2.24, 2.45) is 0 Å². The van der Waals surface area contributed by atoms with E-state index in [1.54, 1.807) is 17.4 Å². The molecule has 0 bridgehead atoms. The Morgan fingerprint density at radius 3 is 2.88 bits per heavy atom. The minimum absolute atomic E-state index is 0.00662. The van der Waals surface area contributed by atoms with Crippen LogP contribution >= 0.6 is 11.3 Å². The zero-order valence-electron chi connectivity index (χ0n) is 14.9. The van der Waals surface area contributed by atoms with Gasteiger partial charge in [-0.1, -0.05) is 12.1 Å². The molecular formula is C19H22FN3OS. The van der Waals surface area contributed by atoms with Crippen molar-refractivity contribution in [3.63, 3.8) is 0 Å².